The fourth-order valence-corrected chi connectivity index (χ4v) is 1.83. The van der Waals surface area contributed by atoms with E-state index in [1.54, 1.807) is 7.05 Å². The smallest absolute Gasteiger partial charge is 0.319 e. The van der Waals surface area contributed by atoms with Gasteiger partial charge in [0.1, 0.15) is 0 Å². The van der Waals surface area contributed by atoms with E-state index in [9.17, 15) is 4.79 Å². The Morgan fingerprint density at radius 1 is 1.31 bits per heavy atom. The molecule has 0 radical (unpaired) electrons. The van der Waals surface area contributed by atoms with Crippen LogP contribution in [-0.2, 0) is 12.8 Å². The van der Waals surface area contributed by atoms with Crippen molar-refractivity contribution < 1.29 is 4.79 Å². The summed E-state index contributed by atoms with van der Waals surface area (Å²) in [7, 11) is 1.58. The van der Waals surface area contributed by atoms with Crippen molar-refractivity contribution in [3.8, 4) is 0 Å². The lowest BCUT2D eigenvalue weighted by Gasteiger charge is -2.13. The Morgan fingerprint density at radius 3 is 2.50 bits per heavy atom. The number of carbonyl (C=O) groups is 1. The fraction of sp³-hybridized carbons (Fsp3) is 0.417. The van der Waals surface area contributed by atoms with Gasteiger partial charge in [-0.15, -0.1) is 0 Å². The van der Waals surface area contributed by atoms with Crippen LogP contribution in [-0.4, -0.2) is 13.1 Å². The van der Waals surface area contributed by atoms with Gasteiger partial charge in [-0.3, -0.25) is 0 Å². The van der Waals surface area contributed by atoms with Gasteiger partial charge in [0.25, 0.3) is 0 Å². The van der Waals surface area contributed by atoms with Gasteiger partial charge in [0.15, 0.2) is 0 Å². The summed E-state index contributed by atoms with van der Waals surface area (Å²) in [6.07, 6.45) is 1.78. The molecule has 0 heterocycles. The number of anilines is 1. The Hall–Kier alpha value is -1.22. The third kappa shape index (κ3) is 2.89. The number of hydrogen-bond donors (Lipinski definition) is 2. The average Bonchev–Trinajstić information content (AvgIpc) is 2.30. The minimum Gasteiger partial charge on any atom is -0.341 e. The van der Waals surface area contributed by atoms with Crippen LogP contribution in [0.4, 0.5) is 10.5 Å². The maximum absolute atomic E-state index is 11.3. The predicted molar refractivity (Wildman–Crippen MR) is 68.3 cm³/mol. The van der Waals surface area contributed by atoms with Gasteiger partial charge in [-0.25, -0.2) is 4.79 Å². The molecule has 1 aromatic rings. The van der Waals surface area contributed by atoms with Crippen LogP contribution >= 0.6 is 11.6 Å². The van der Waals surface area contributed by atoms with Crippen molar-refractivity contribution in [2.75, 3.05) is 12.4 Å². The molecule has 0 aliphatic heterocycles. The van der Waals surface area contributed by atoms with E-state index in [4.69, 9.17) is 11.6 Å². The molecule has 0 aromatic heterocycles. The molecule has 88 valence electrons. The van der Waals surface area contributed by atoms with Crippen molar-refractivity contribution in [2.45, 2.75) is 26.7 Å². The molecule has 2 amide bonds. The molecule has 4 heteroatoms. The lowest BCUT2D eigenvalue weighted by molar-refractivity contribution is 0.254. The molecule has 0 spiro atoms. The SMILES string of the molecule is CCc1cc(Cl)c(NC(=O)NC)c(CC)c1. The van der Waals surface area contributed by atoms with Gasteiger partial charge in [0.05, 0.1) is 10.7 Å². The number of hydrogen-bond acceptors (Lipinski definition) is 1. The summed E-state index contributed by atoms with van der Waals surface area (Å²) in [6, 6.07) is 3.73. The molecule has 1 rings (SSSR count). The molecular weight excluding hydrogens is 224 g/mol. The number of nitrogens with one attached hydrogen (secondary N) is 2. The van der Waals surface area contributed by atoms with Crippen LogP contribution in [0.3, 0.4) is 0 Å². The summed E-state index contributed by atoms with van der Waals surface area (Å²) < 4.78 is 0. The molecule has 0 aliphatic rings. The highest BCUT2D eigenvalue weighted by molar-refractivity contribution is 6.34. The molecule has 0 saturated heterocycles. The molecular formula is C12H17ClN2O. The molecule has 0 atom stereocenters. The highest BCUT2D eigenvalue weighted by Gasteiger charge is 2.10. The average molecular weight is 241 g/mol. The van der Waals surface area contributed by atoms with E-state index in [-0.39, 0.29) is 6.03 Å². The van der Waals surface area contributed by atoms with Crippen molar-refractivity contribution in [2.24, 2.45) is 0 Å². The lowest BCUT2D eigenvalue weighted by Crippen LogP contribution is -2.25. The standard InChI is InChI=1S/C12H17ClN2O/c1-4-8-6-9(5-2)11(10(13)7-8)15-12(16)14-3/h6-7H,4-5H2,1-3H3,(H2,14,15,16). The molecule has 0 bridgehead atoms. The second kappa shape index (κ2) is 5.75. The third-order valence-electron chi connectivity index (χ3n) is 2.49. The van der Waals surface area contributed by atoms with Crippen molar-refractivity contribution in [1.82, 2.24) is 5.32 Å². The van der Waals surface area contributed by atoms with E-state index < -0.39 is 0 Å². The van der Waals surface area contributed by atoms with Crippen LogP contribution in [0.15, 0.2) is 12.1 Å². The Labute approximate surface area is 101 Å². The molecule has 16 heavy (non-hydrogen) atoms. The van der Waals surface area contributed by atoms with Crippen molar-refractivity contribution in [3.63, 3.8) is 0 Å². The second-order valence-corrected chi connectivity index (χ2v) is 3.93. The second-order valence-electron chi connectivity index (χ2n) is 3.52. The Balaban J connectivity index is 3.11. The van der Waals surface area contributed by atoms with E-state index in [1.807, 2.05) is 13.0 Å². The first-order chi connectivity index (χ1) is 7.62. The van der Waals surface area contributed by atoms with E-state index in [0.717, 1.165) is 18.4 Å². The van der Waals surface area contributed by atoms with Gasteiger partial charge in [0.2, 0.25) is 0 Å². The van der Waals surface area contributed by atoms with Gasteiger partial charge < -0.3 is 10.6 Å². The van der Waals surface area contributed by atoms with Crippen LogP contribution in [0.2, 0.25) is 5.02 Å². The summed E-state index contributed by atoms with van der Waals surface area (Å²) in [4.78, 5) is 11.3. The molecule has 2 N–H and O–H groups in total. The number of urea groups is 1. The summed E-state index contributed by atoms with van der Waals surface area (Å²) >= 11 is 6.15. The zero-order valence-corrected chi connectivity index (χ0v) is 10.6. The van der Waals surface area contributed by atoms with Gasteiger partial charge in [-0.1, -0.05) is 31.5 Å². The van der Waals surface area contributed by atoms with Crippen LogP contribution < -0.4 is 10.6 Å². The number of aryl methyl sites for hydroxylation is 2. The lowest BCUT2D eigenvalue weighted by atomic mass is 10.0. The van der Waals surface area contributed by atoms with E-state index in [1.165, 1.54) is 5.56 Å². The molecule has 0 fully saturated rings. The fourth-order valence-electron chi connectivity index (χ4n) is 1.52. The van der Waals surface area contributed by atoms with Crippen LogP contribution in [0.25, 0.3) is 0 Å². The normalized spacial score (nSPS) is 10.0. The Kier molecular flexibility index (Phi) is 4.62. The monoisotopic (exact) mass is 240 g/mol. The summed E-state index contributed by atoms with van der Waals surface area (Å²) in [5, 5.41) is 5.86. The summed E-state index contributed by atoms with van der Waals surface area (Å²) in [5.41, 5.74) is 2.96. The molecule has 0 unspecified atom stereocenters. The predicted octanol–water partition coefficient (Wildman–Crippen LogP) is 3.22. The number of carbonyl (C=O) groups excluding carboxylic acids is 1. The number of amides is 2. The molecule has 3 nitrogen and oxygen atoms in total. The minimum absolute atomic E-state index is 0.249. The van der Waals surface area contributed by atoms with Crippen molar-refractivity contribution in [3.05, 3.63) is 28.3 Å². The van der Waals surface area contributed by atoms with Gasteiger partial charge >= 0.3 is 6.03 Å². The third-order valence-corrected chi connectivity index (χ3v) is 2.78. The highest BCUT2D eigenvalue weighted by Crippen LogP contribution is 2.28. The molecule has 1 aromatic carbocycles. The quantitative estimate of drug-likeness (QED) is 0.837. The van der Waals surface area contributed by atoms with E-state index in [0.29, 0.717) is 10.7 Å². The zero-order valence-electron chi connectivity index (χ0n) is 9.86. The maximum atomic E-state index is 11.3. The maximum Gasteiger partial charge on any atom is 0.319 e. The first kappa shape index (κ1) is 12.8. The largest absolute Gasteiger partial charge is 0.341 e. The highest BCUT2D eigenvalue weighted by atomic mass is 35.5. The Bertz CT molecular complexity index is 391. The first-order valence-corrected chi connectivity index (χ1v) is 5.80. The van der Waals surface area contributed by atoms with Crippen molar-refractivity contribution in [1.29, 1.82) is 0 Å². The number of rotatable bonds is 3. The van der Waals surface area contributed by atoms with Crippen LogP contribution in [0, 0.1) is 0 Å². The minimum atomic E-state index is -0.249. The van der Waals surface area contributed by atoms with Crippen LogP contribution in [0.5, 0.6) is 0 Å². The van der Waals surface area contributed by atoms with E-state index >= 15 is 0 Å². The summed E-state index contributed by atoms with van der Waals surface area (Å²) in [5.74, 6) is 0. The number of halogens is 1. The van der Waals surface area contributed by atoms with Gasteiger partial charge in [0, 0.05) is 7.05 Å². The topological polar surface area (TPSA) is 41.1 Å². The molecule has 0 saturated carbocycles. The van der Waals surface area contributed by atoms with Gasteiger partial charge in [-0.2, -0.15) is 0 Å². The first-order valence-electron chi connectivity index (χ1n) is 5.42. The summed E-state index contributed by atoms with van der Waals surface area (Å²) in [6.45, 7) is 4.12. The Morgan fingerprint density at radius 2 is 2.00 bits per heavy atom. The van der Waals surface area contributed by atoms with Gasteiger partial charge in [-0.05, 0) is 30.0 Å². The zero-order chi connectivity index (χ0) is 12.1. The molecule has 0 aliphatic carbocycles. The van der Waals surface area contributed by atoms with E-state index in [2.05, 4.69) is 23.6 Å². The van der Waals surface area contributed by atoms with Crippen LogP contribution in [0.1, 0.15) is 25.0 Å². The van der Waals surface area contributed by atoms with Crippen molar-refractivity contribution >= 4 is 23.3 Å². The number of benzene rings is 1.